The Hall–Kier alpha value is -0.770. The quantitative estimate of drug-likeness (QED) is 0.752. The number of rotatable bonds is 6. The number of carbonyl (C=O) groups excluding carboxylic acids is 1. The van der Waals surface area contributed by atoms with Crippen molar-refractivity contribution in [1.82, 2.24) is 10.2 Å². The third-order valence-electron chi connectivity index (χ3n) is 4.47. The molecule has 0 spiro atoms. The third-order valence-corrected chi connectivity index (χ3v) is 4.47. The van der Waals surface area contributed by atoms with Gasteiger partial charge in [-0.2, -0.15) is 0 Å². The average molecular weight is 312 g/mol. The second-order valence-corrected chi connectivity index (χ2v) is 8.08. The van der Waals surface area contributed by atoms with Gasteiger partial charge in [0.25, 0.3) is 0 Å². The van der Waals surface area contributed by atoms with Gasteiger partial charge < -0.3 is 15.0 Å². The molecule has 2 unspecified atom stereocenters. The molecule has 1 aliphatic carbocycles. The number of ether oxygens (including phenoxy) is 1. The van der Waals surface area contributed by atoms with E-state index >= 15 is 0 Å². The number of nitrogens with zero attached hydrogens (tertiary/aromatic N) is 1. The Morgan fingerprint density at radius 2 is 2.00 bits per heavy atom. The van der Waals surface area contributed by atoms with Crippen LogP contribution >= 0.6 is 0 Å². The Balaban J connectivity index is 2.18. The normalized spacial score (nSPS) is 22.7. The lowest BCUT2D eigenvalue weighted by molar-refractivity contribution is 0.0297. The van der Waals surface area contributed by atoms with E-state index in [-0.39, 0.29) is 6.09 Å². The maximum atomic E-state index is 11.9. The monoisotopic (exact) mass is 312 g/mol. The molecule has 1 fully saturated rings. The average Bonchev–Trinajstić information content (AvgIpc) is 2.41. The van der Waals surface area contributed by atoms with Gasteiger partial charge in [0.05, 0.1) is 0 Å². The van der Waals surface area contributed by atoms with Gasteiger partial charge in [-0.3, -0.25) is 0 Å². The Morgan fingerprint density at radius 1 is 1.32 bits per heavy atom. The molecule has 4 nitrogen and oxygen atoms in total. The summed E-state index contributed by atoms with van der Waals surface area (Å²) >= 11 is 0. The summed E-state index contributed by atoms with van der Waals surface area (Å²) in [5, 5.41) is 3.67. The summed E-state index contributed by atoms with van der Waals surface area (Å²) in [5.41, 5.74) is -0.419. The molecule has 1 amide bonds. The Labute approximate surface area is 137 Å². The molecule has 0 aliphatic heterocycles. The van der Waals surface area contributed by atoms with Crippen molar-refractivity contribution in [2.24, 2.45) is 11.8 Å². The highest BCUT2D eigenvalue weighted by molar-refractivity contribution is 5.67. The highest BCUT2D eigenvalue weighted by atomic mass is 16.6. The number of hydrogen-bond acceptors (Lipinski definition) is 3. The minimum atomic E-state index is -0.419. The molecule has 0 saturated heterocycles. The molecule has 0 bridgehead atoms. The van der Waals surface area contributed by atoms with Crippen molar-refractivity contribution >= 4 is 6.09 Å². The Morgan fingerprint density at radius 3 is 2.59 bits per heavy atom. The SMILES string of the molecule is CC(C)C1CCCC(NCCCN(C)C(=O)OC(C)(C)C)C1. The van der Waals surface area contributed by atoms with Gasteiger partial charge in [0, 0.05) is 19.6 Å². The minimum Gasteiger partial charge on any atom is -0.444 e. The van der Waals surface area contributed by atoms with Crippen LogP contribution in [0.5, 0.6) is 0 Å². The zero-order valence-corrected chi connectivity index (χ0v) is 15.4. The predicted octanol–water partition coefficient (Wildman–Crippen LogP) is 4.05. The van der Waals surface area contributed by atoms with Crippen LogP contribution in [0.1, 0.15) is 66.7 Å². The van der Waals surface area contributed by atoms with Crippen molar-refractivity contribution in [1.29, 1.82) is 0 Å². The van der Waals surface area contributed by atoms with Crippen LogP contribution < -0.4 is 5.32 Å². The predicted molar refractivity (Wildman–Crippen MR) is 92.1 cm³/mol. The van der Waals surface area contributed by atoms with Gasteiger partial charge in [0.15, 0.2) is 0 Å². The topological polar surface area (TPSA) is 41.6 Å². The number of amides is 1. The van der Waals surface area contributed by atoms with E-state index in [1.807, 2.05) is 27.8 Å². The molecule has 0 aromatic heterocycles. The molecule has 1 N–H and O–H groups in total. The fourth-order valence-electron chi connectivity index (χ4n) is 3.07. The lowest BCUT2D eigenvalue weighted by atomic mass is 9.79. The standard InChI is InChI=1S/C18H36N2O2/c1-14(2)15-9-7-10-16(13-15)19-11-8-12-20(6)17(21)22-18(3,4)5/h14-16,19H,7-13H2,1-6H3. The van der Waals surface area contributed by atoms with E-state index in [1.165, 1.54) is 25.7 Å². The van der Waals surface area contributed by atoms with Gasteiger partial charge in [0.2, 0.25) is 0 Å². The van der Waals surface area contributed by atoms with Crippen molar-refractivity contribution in [2.75, 3.05) is 20.1 Å². The number of nitrogens with one attached hydrogen (secondary N) is 1. The molecule has 0 aromatic rings. The van der Waals surface area contributed by atoms with Crippen LogP contribution in [-0.4, -0.2) is 42.8 Å². The van der Waals surface area contributed by atoms with E-state index in [9.17, 15) is 4.79 Å². The summed E-state index contributed by atoms with van der Waals surface area (Å²) in [6.45, 7) is 12.1. The van der Waals surface area contributed by atoms with Crippen molar-refractivity contribution in [3.8, 4) is 0 Å². The number of hydrogen-bond donors (Lipinski definition) is 1. The smallest absolute Gasteiger partial charge is 0.410 e. The van der Waals surface area contributed by atoms with E-state index < -0.39 is 5.60 Å². The summed E-state index contributed by atoms with van der Waals surface area (Å²) in [7, 11) is 1.81. The summed E-state index contributed by atoms with van der Waals surface area (Å²) in [6.07, 6.45) is 6.07. The molecule has 1 saturated carbocycles. The van der Waals surface area contributed by atoms with Gasteiger partial charge >= 0.3 is 6.09 Å². The zero-order chi connectivity index (χ0) is 16.8. The fourth-order valence-corrected chi connectivity index (χ4v) is 3.07. The Kier molecular flexibility index (Phi) is 7.67. The number of carbonyl (C=O) groups is 1. The van der Waals surface area contributed by atoms with E-state index in [0.717, 1.165) is 31.3 Å². The summed E-state index contributed by atoms with van der Waals surface area (Å²) < 4.78 is 5.35. The first-order chi connectivity index (χ1) is 10.2. The highest BCUT2D eigenvalue weighted by Gasteiger charge is 2.23. The van der Waals surface area contributed by atoms with Crippen LogP contribution in [0, 0.1) is 11.8 Å². The van der Waals surface area contributed by atoms with E-state index in [1.54, 1.807) is 4.90 Å². The van der Waals surface area contributed by atoms with Gasteiger partial charge in [-0.25, -0.2) is 4.79 Å². The molecule has 1 rings (SSSR count). The summed E-state index contributed by atoms with van der Waals surface area (Å²) in [5.74, 6) is 1.67. The summed E-state index contributed by atoms with van der Waals surface area (Å²) in [4.78, 5) is 13.5. The molecule has 1 aliphatic rings. The van der Waals surface area contributed by atoms with Crippen LogP contribution in [0.3, 0.4) is 0 Å². The third kappa shape index (κ3) is 7.48. The molecule has 0 aromatic carbocycles. The maximum absolute atomic E-state index is 11.9. The van der Waals surface area contributed by atoms with E-state index in [4.69, 9.17) is 4.74 Å². The molecule has 0 radical (unpaired) electrons. The molecule has 22 heavy (non-hydrogen) atoms. The second-order valence-electron chi connectivity index (χ2n) is 8.08. The largest absolute Gasteiger partial charge is 0.444 e. The molecule has 2 atom stereocenters. The van der Waals surface area contributed by atoms with Crippen LogP contribution in [0.15, 0.2) is 0 Å². The fraction of sp³-hybridized carbons (Fsp3) is 0.944. The van der Waals surface area contributed by atoms with Crippen LogP contribution in [-0.2, 0) is 4.74 Å². The molecular formula is C18H36N2O2. The van der Waals surface area contributed by atoms with Crippen LogP contribution in [0.4, 0.5) is 4.79 Å². The van der Waals surface area contributed by atoms with Gasteiger partial charge in [-0.05, 0) is 58.4 Å². The van der Waals surface area contributed by atoms with Gasteiger partial charge in [0.1, 0.15) is 5.60 Å². The lowest BCUT2D eigenvalue weighted by Crippen LogP contribution is -2.38. The van der Waals surface area contributed by atoms with Crippen molar-refractivity contribution < 1.29 is 9.53 Å². The van der Waals surface area contributed by atoms with Gasteiger partial charge in [-0.15, -0.1) is 0 Å². The first kappa shape index (κ1) is 19.3. The van der Waals surface area contributed by atoms with Crippen molar-refractivity contribution in [2.45, 2.75) is 78.4 Å². The zero-order valence-electron chi connectivity index (χ0n) is 15.4. The second kappa shape index (κ2) is 8.76. The molecular weight excluding hydrogens is 276 g/mol. The van der Waals surface area contributed by atoms with Crippen LogP contribution in [0.2, 0.25) is 0 Å². The first-order valence-corrected chi connectivity index (χ1v) is 8.86. The van der Waals surface area contributed by atoms with Crippen molar-refractivity contribution in [3.05, 3.63) is 0 Å². The first-order valence-electron chi connectivity index (χ1n) is 8.86. The van der Waals surface area contributed by atoms with Crippen LogP contribution in [0.25, 0.3) is 0 Å². The van der Waals surface area contributed by atoms with E-state index in [0.29, 0.717) is 6.04 Å². The lowest BCUT2D eigenvalue weighted by Gasteiger charge is -2.32. The molecule has 0 heterocycles. The van der Waals surface area contributed by atoms with Gasteiger partial charge in [-0.1, -0.05) is 26.7 Å². The Bertz CT molecular complexity index is 336. The molecule has 4 heteroatoms. The van der Waals surface area contributed by atoms with E-state index in [2.05, 4.69) is 19.2 Å². The maximum Gasteiger partial charge on any atom is 0.410 e. The summed E-state index contributed by atoms with van der Waals surface area (Å²) in [6, 6.07) is 0.660. The highest BCUT2D eigenvalue weighted by Crippen LogP contribution is 2.29. The van der Waals surface area contributed by atoms with Crippen molar-refractivity contribution in [3.63, 3.8) is 0 Å². The minimum absolute atomic E-state index is 0.231. The molecule has 130 valence electrons.